The fourth-order valence-electron chi connectivity index (χ4n) is 1.89. The van der Waals surface area contributed by atoms with Gasteiger partial charge >= 0.3 is 0 Å². The molecule has 0 unspecified atom stereocenters. The highest BCUT2D eigenvalue weighted by Gasteiger charge is 2.07. The summed E-state index contributed by atoms with van der Waals surface area (Å²) in [4.78, 5) is 0. The molecule has 98 valence electrons. The molecule has 0 bridgehead atoms. The number of furan rings is 1. The van der Waals surface area contributed by atoms with Crippen LogP contribution in [-0.2, 0) is 11.2 Å². The Balaban J connectivity index is 1.83. The molecule has 0 atom stereocenters. The SMILES string of the molecule is COCCNCCCc1cc2cccc(F)c2o1. The molecule has 0 saturated carbocycles. The average Bonchev–Trinajstić information content (AvgIpc) is 2.78. The third kappa shape index (κ3) is 3.31. The zero-order valence-electron chi connectivity index (χ0n) is 10.5. The van der Waals surface area contributed by atoms with Gasteiger partial charge in [-0.05, 0) is 25.1 Å². The quantitative estimate of drug-likeness (QED) is 0.768. The van der Waals surface area contributed by atoms with Gasteiger partial charge in [-0.25, -0.2) is 4.39 Å². The van der Waals surface area contributed by atoms with Gasteiger partial charge in [-0.3, -0.25) is 0 Å². The molecule has 18 heavy (non-hydrogen) atoms. The van der Waals surface area contributed by atoms with Gasteiger partial charge in [0.25, 0.3) is 0 Å². The van der Waals surface area contributed by atoms with Crippen LogP contribution in [0, 0.1) is 5.82 Å². The number of benzene rings is 1. The summed E-state index contributed by atoms with van der Waals surface area (Å²) in [6.45, 7) is 2.48. The van der Waals surface area contributed by atoms with E-state index < -0.39 is 0 Å². The first kappa shape index (κ1) is 13.1. The summed E-state index contributed by atoms with van der Waals surface area (Å²) in [7, 11) is 1.69. The van der Waals surface area contributed by atoms with Gasteiger partial charge in [-0.1, -0.05) is 12.1 Å². The summed E-state index contributed by atoms with van der Waals surface area (Å²) in [6.07, 6.45) is 1.78. The molecule has 0 fully saturated rings. The summed E-state index contributed by atoms with van der Waals surface area (Å²) in [5, 5.41) is 4.09. The minimum Gasteiger partial charge on any atom is -0.458 e. The van der Waals surface area contributed by atoms with Crippen LogP contribution in [0.5, 0.6) is 0 Å². The van der Waals surface area contributed by atoms with Crippen LogP contribution < -0.4 is 5.32 Å². The van der Waals surface area contributed by atoms with Crippen molar-refractivity contribution in [3.63, 3.8) is 0 Å². The lowest BCUT2D eigenvalue weighted by atomic mass is 10.2. The number of fused-ring (bicyclic) bond motifs is 1. The van der Waals surface area contributed by atoms with E-state index in [1.807, 2.05) is 12.1 Å². The zero-order valence-corrected chi connectivity index (χ0v) is 10.5. The molecular formula is C14H18FNO2. The van der Waals surface area contributed by atoms with Gasteiger partial charge in [0.05, 0.1) is 6.61 Å². The first-order chi connectivity index (χ1) is 8.81. The number of para-hydroxylation sites is 1. The van der Waals surface area contributed by atoms with Crippen molar-refractivity contribution in [1.82, 2.24) is 5.32 Å². The maximum atomic E-state index is 13.4. The van der Waals surface area contributed by atoms with Crippen LogP contribution in [0.2, 0.25) is 0 Å². The van der Waals surface area contributed by atoms with Crippen molar-refractivity contribution in [2.75, 3.05) is 26.8 Å². The van der Waals surface area contributed by atoms with E-state index in [0.29, 0.717) is 5.58 Å². The fraction of sp³-hybridized carbons (Fsp3) is 0.429. The van der Waals surface area contributed by atoms with Crippen molar-refractivity contribution in [2.24, 2.45) is 0 Å². The van der Waals surface area contributed by atoms with Gasteiger partial charge in [0, 0.05) is 25.5 Å². The standard InChI is InChI=1S/C14H18FNO2/c1-17-9-8-16-7-3-5-12-10-11-4-2-6-13(15)14(11)18-12/h2,4,6,10,16H,3,5,7-9H2,1H3. The van der Waals surface area contributed by atoms with Gasteiger partial charge in [0.15, 0.2) is 11.4 Å². The summed E-state index contributed by atoms with van der Waals surface area (Å²) < 4.78 is 23.8. The number of hydrogen-bond donors (Lipinski definition) is 1. The molecule has 0 amide bonds. The van der Waals surface area contributed by atoms with E-state index in [2.05, 4.69) is 5.32 Å². The molecule has 1 aromatic heterocycles. The second-order valence-electron chi connectivity index (χ2n) is 4.22. The Morgan fingerprint density at radius 3 is 3.00 bits per heavy atom. The lowest BCUT2D eigenvalue weighted by Gasteiger charge is -2.02. The van der Waals surface area contributed by atoms with E-state index in [1.54, 1.807) is 13.2 Å². The highest BCUT2D eigenvalue weighted by Crippen LogP contribution is 2.22. The third-order valence-corrected chi connectivity index (χ3v) is 2.81. The fourth-order valence-corrected chi connectivity index (χ4v) is 1.89. The van der Waals surface area contributed by atoms with E-state index in [1.165, 1.54) is 6.07 Å². The van der Waals surface area contributed by atoms with E-state index >= 15 is 0 Å². The van der Waals surface area contributed by atoms with Gasteiger partial charge in [0.1, 0.15) is 5.76 Å². The summed E-state index contributed by atoms with van der Waals surface area (Å²) in [5.41, 5.74) is 0.361. The van der Waals surface area contributed by atoms with Crippen LogP contribution in [0.1, 0.15) is 12.2 Å². The maximum absolute atomic E-state index is 13.4. The topological polar surface area (TPSA) is 34.4 Å². The Kier molecular flexibility index (Phi) is 4.73. The van der Waals surface area contributed by atoms with Crippen LogP contribution in [0.4, 0.5) is 4.39 Å². The maximum Gasteiger partial charge on any atom is 0.169 e. The number of halogens is 1. The summed E-state index contributed by atoms with van der Waals surface area (Å²) >= 11 is 0. The Hall–Kier alpha value is -1.39. The number of rotatable bonds is 7. The van der Waals surface area contributed by atoms with E-state index in [4.69, 9.17) is 9.15 Å². The third-order valence-electron chi connectivity index (χ3n) is 2.81. The highest BCUT2D eigenvalue weighted by molar-refractivity contribution is 5.78. The Labute approximate surface area is 106 Å². The van der Waals surface area contributed by atoms with Crippen molar-refractivity contribution in [2.45, 2.75) is 12.8 Å². The largest absolute Gasteiger partial charge is 0.458 e. The monoisotopic (exact) mass is 251 g/mol. The van der Waals surface area contributed by atoms with Crippen molar-refractivity contribution < 1.29 is 13.5 Å². The van der Waals surface area contributed by atoms with Crippen molar-refractivity contribution in [3.8, 4) is 0 Å². The molecule has 2 rings (SSSR count). The molecule has 0 spiro atoms. The molecule has 0 aliphatic heterocycles. The second kappa shape index (κ2) is 6.52. The smallest absolute Gasteiger partial charge is 0.169 e. The van der Waals surface area contributed by atoms with Crippen LogP contribution in [-0.4, -0.2) is 26.8 Å². The first-order valence-corrected chi connectivity index (χ1v) is 6.18. The predicted octanol–water partition coefficient (Wildman–Crippen LogP) is 2.74. The van der Waals surface area contributed by atoms with Gasteiger partial charge in [-0.15, -0.1) is 0 Å². The summed E-state index contributed by atoms with van der Waals surface area (Å²) in [5.74, 6) is 0.542. The summed E-state index contributed by atoms with van der Waals surface area (Å²) in [6, 6.07) is 6.89. The molecule has 3 nitrogen and oxygen atoms in total. The minimum atomic E-state index is -0.294. The van der Waals surface area contributed by atoms with E-state index in [-0.39, 0.29) is 5.82 Å². The Morgan fingerprint density at radius 1 is 1.33 bits per heavy atom. The lowest BCUT2D eigenvalue weighted by Crippen LogP contribution is -2.20. The highest BCUT2D eigenvalue weighted by atomic mass is 19.1. The molecule has 0 aliphatic rings. The van der Waals surface area contributed by atoms with E-state index in [0.717, 1.165) is 43.7 Å². The number of hydrogen-bond acceptors (Lipinski definition) is 3. The number of nitrogens with one attached hydrogen (secondary N) is 1. The molecule has 4 heteroatoms. The molecule has 2 aromatic rings. The molecule has 1 N–H and O–H groups in total. The lowest BCUT2D eigenvalue weighted by molar-refractivity contribution is 0.199. The number of methoxy groups -OCH3 is 1. The van der Waals surface area contributed by atoms with Crippen LogP contribution >= 0.6 is 0 Å². The second-order valence-corrected chi connectivity index (χ2v) is 4.22. The minimum absolute atomic E-state index is 0.294. The Bertz CT molecular complexity index is 495. The molecule has 0 radical (unpaired) electrons. The molecule has 1 aromatic carbocycles. The molecule has 1 heterocycles. The zero-order chi connectivity index (χ0) is 12.8. The van der Waals surface area contributed by atoms with E-state index in [9.17, 15) is 4.39 Å². The van der Waals surface area contributed by atoms with Crippen LogP contribution in [0.25, 0.3) is 11.0 Å². The Morgan fingerprint density at radius 2 is 2.22 bits per heavy atom. The van der Waals surface area contributed by atoms with Crippen LogP contribution in [0.3, 0.4) is 0 Å². The molecule has 0 saturated heterocycles. The average molecular weight is 251 g/mol. The van der Waals surface area contributed by atoms with Crippen molar-refractivity contribution in [1.29, 1.82) is 0 Å². The molecular weight excluding hydrogens is 233 g/mol. The van der Waals surface area contributed by atoms with Crippen molar-refractivity contribution in [3.05, 3.63) is 35.8 Å². The normalized spacial score (nSPS) is 11.2. The predicted molar refractivity (Wildman–Crippen MR) is 69.2 cm³/mol. The van der Waals surface area contributed by atoms with Crippen molar-refractivity contribution >= 4 is 11.0 Å². The first-order valence-electron chi connectivity index (χ1n) is 6.18. The van der Waals surface area contributed by atoms with Gasteiger partial charge in [-0.2, -0.15) is 0 Å². The van der Waals surface area contributed by atoms with Gasteiger partial charge < -0.3 is 14.5 Å². The van der Waals surface area contributed by atoms with Gasteiger partial charge in [0.2, 0.25) is 0 Å². The number of aryl methyl sites for hydroxylation is 1. The number of ether oxygens (including phenoxy) is 1. The van der Waals surface area contributed by atoms with Crippen LogP contribution in [0.15, 0.2) is 28.7 Å². The molecule has 0 aliphatic carbocycles.